The predicted octanol–water partition coefficient (Wildman–Crippen LogP) is 1.61. The molecule has 3 heterocycles. The molecule has 7 nitrogen and oxygen atoms in total. The third-order valence-electron chi connectivity index (χ3n) is 6.12. The number of amides is 2. The highest BCUT2D eigenvalue weighted by Crippen LogP contribution is 2.40. The van der Waals surface area contributed by atoms with Gasteiger partial charge in [-0.3, -0.25) is 14.5 Å². The second-order valence-electron chi connectivity index (χ2n) is 8.14. The number of likely N-dealkylation sites (tertiary alicyclic amines) is 2. The molecule has 1 aromatic heterocycles. The summed E-state index contributed by atoms with van der Waals surface area (Å²) in [5.41, 5.74) is 0.396. The fourth-order valence-corrected chi connectivity index (χ4v) is 4.24. The molecule has 0 bridgehead atoms. The summed E-state index contributed by atoms with van der Waals surface area (Å²) >= 11 is 0. The number of aromatic nitrogens is 1. The van der Waals surface area contributed by atoms with E-state index in [2.05, 4.69) is 22.3 Å². The monoisotopic (exact) mass is 360 g/mol. The van der Waals surface area contributed by atoms with Gasteiger partial charge < -0.3 is 14.7 Å². The summed E-state index contributed by atoms with van der Waals surface area (Å²) in [6.07, 6.45) is 4.29. The molecule has 0 radical (unpaired) electrons. The molecule has 1 N–H and O–H groups in total. The fraction of sp³-hybridized carbons (Fsp3) is 0.737. The van der Waals surface area contributed by atoms with Gasteiger partial charge in [0, 0.05) is 57.2 Å². The zero-order valence-electron chi connectivity index (χ0n) is 15.6. The van der Waals surface area contributed by atoms with Crippen molar-refractivity contribution in [3.8, 4) is 0 Å². The average molecular weight is 360 g/mol. The molecule has 2 saturated heterocycles. The molecule has 1 saturated carbocycles. The number of carbonyl (C=O) groups is 2. The van der Waals surface area contributed by atoms with Gasteiger partial charge >= 0.3 is 0 Å². The maximum absolute atomic E-state index is 12.5. The molecule has 0 aromatic carbocycles. The van der Waals surface area contributed by atoms with Gasteiger partial charge in [0.15, 0.2) is 5.69 Å². The third kappa shape index (κ3) is 3.63. The molecule has 2 amide bonds. The van der Waals surface area contributed by atoms with Crippen LogP contribution >= 0.6 is 0 Å². The fourth-order valence-electron chi connectivity index (χ4n) is 4.24. The summed E-state index contributed by atoms with van der Waals surface area (Å²) in [5, 5.41) is 7.09. The summed E-state index contributed by atoms with van der Waals surface area (Å²) in [6, 6.07) is 2.43. The molecular weight excluding hydrogens is 332 g/mol. The second kappa shape index (κ2) is 7.02. The topological polar surface area (TPSA) is 78.7 Å². The van der Waals surface area contributed by atoms with Crippen molar-refractivity contribution in [2.24, 2.45) is 5.92 Å². The van der Waals surface area contributed by atoms with Crippen LogP contribution in [0.3, 0.4) is 0 Å². The molecule has 1 aliphatic carbocycles. The molecule has 2 atom stereocenters. The van der Waals surface area contributed by atoms with Crippen molar-refractivity contribution in [2.45, 2.75) is 57.5 Å². The molecule has 4 rings (SSSR count). The van der Waals surface area contributed by atoms with E-state index < -0.39 is 0 Å². The van der Waals surface area contributed by atoms with Gasteiger partial charge in [0.1, 0.15) is 5.76 Å². The Kier molecular flexibility index (Phi) is 4.73. The van der Waals surface area contributed by atoms with Gasteiger partial charge in [-0.15, -0.1) is 0 Å². The second-order valence-corrected chi connectivity index (χ2v) is 8.14. The standard InChI is InChI=1S/C19H28N4O3/c1-12-10-23(15-5-7-22(8-6-15)13(2)24)11-17(12)20-19(25)16-9-18(26-21-16)14-3-4-14/h9,12,14-15,17H,3-8,10-11H2,1-2H3,(H,20,25)/t12-,17+/m1/s1. The van der Waals surface area contributed by atoms with E-state index in [-0.39, 0.29) is 17.9 Å². The molecule has 0 spiro atoms. The van der Waals surface area contributed by atoms with Crippen molar-refractivity contribution in [3.63, 3.8) is 0 Å². The molecule has 7 heteroatoms. The Morgan fingerprint density at radius 3 is 2.58 bits per heavy atom. The Morgan fingerprint density at radius 1 is 1.19 bits per heavy atom. The molecule has 2 aliphatic heterocycles. The van der Waals surface area contributed by atoms with Crippen LogP contribution in [0.1, 0.15) is 61.7 Å². The van der Waals surface area contributed by atoms with E-state index in [0.29, 0.717) is 23.6 Å². The van der Waals surface area contributed by atoms with Gasteiger partial charge in [-0.1, -0.05) is 12.1 Å². The number of piperidine rings is 1. The average Bonchev–Trinajstić information content (AvgIpc) is 3.25. The molecule has 26 heavy (non-hydrogen) atoms. The predicted molar refractivity (Wildman–Crippen MR) is 95.7 cm³/mol. The number of hydrogen-bond donors (Lipinski definition) is 1. The minimum absolute atomic E-state index is 0.134. The lowest BCUT2D eigenvalue weighted by Crippen LogP contribution is -2.46. The van der Waals surface area contributed by atoms with Gasteiger partial charge in [0.05, 0.1) is 0 Å². The number of nitrogens with zero attached hydrogens (tertiary/aromatic N) is 3. The van der Waals surface area contributed by atoms with Crippen LogP contribution in [-0.2, 0) is 4.79 Å². The van der Waals surface area contributed by atoms with Crippen LogP contribution in [0, 0.1) is 5.92 Å². The summed E-state index contributed by atoms with van der Waals surface area (Å²) in [4.78, 5) is 28.4. The van der Waals surface area contributed by atoms with Crippen molar-refractivity contribution in [1.82, 2.24) is 20.3 Å². The minimum Gasteiger partial charge on any atom is -0.360 e. The number of rotatable bonds is 4. The van der Waals surface area contributed by atoms with Gasteiger partial charge in [-0.05, 0) is 31.6 Å². The molecule has 3 fully saturated rings. The zero-order valence-corrected chi connectivity index (χ0v) is 15.6. The SMILES string of the molecule is CC(=O)N1CCC(N2C[C@@H](C)[C@@H](NC(=O)c3cc(C4CC4)on3)C2)CC1. The van der Waals surface area contributed by atoms with Crippen LogP contribution in [0.5, 0.6) is 0 Å². The van der Waals surface area contributed by atoms with Gasteiger partial charge in [0.25, 0.3) is 5.91 Å². The zero-order chi connectivity index (χ0) is 18.3. The van der Waals surface area contributed by atoms with E-state index in [1.807, 2.05) is 4.90 Å². The first kappa shape index (κ1) is 17.5. The lowest BCUT2D eigenvalue weighted by atomic mass is 10.0. The molecule has 1 aromatic rings. The van der Waals surface area contributed by atoms with Crippen LogP contribution in [0.4, 0.5) is 0 Å². The summed E-state index contributed by atoms with van der Waals surface area (Å²) in [7, 11) is 0. The first-order valence-electron chi connectivity index (χ1n) is 9.78. The van der Waals surface area contributed by atoms with E-state index in [1.165, 1.54) is 0 Å². The Hall–Kier alpha value is -1.89. The smallest absolute Gasteiger partial charge is 0.273 e. The van der Waals surface area contributed by atoms with E-state index >= 15 is 0 Å². The number of nitrogens with one attached hydrogen (secondary N) is 1. The van der Waals surface area contributed by atoms with Crippen LogP contribution in [0.25, 0.3) is 0 Å². The highest BCUT2D eigenvalue weighted by Gasteiger charge is 2.36. The summed E-state index contributed by atoms with van der Waals surface area (Å²) in [5.74, 6) is 1.74. The summed E-state index contributed by atoms with van der Waals surface area (Å²) in [6.45, 7) is 7.36. The van der Waals surface area contributed by atoms with E-state index in [4.69, 9.17) is 4.52 Å². The summed E-state index contributed by atoms with van der Waals surface area (Å²) < 4.78 is 5.29. The van der Waals surface area contributed by atoms with Gasteiger partial charge in [-0.2, -0.15) is 0 Å². The molecule has 142 valence electrons. The quantitative estimate of drug-likeness (QED) is 0.883. The highest BCUT2D eigenvalue weighted by atomic mass is 16.5. The van der Waals surface area contributed by atoms with Crippen LogP contribution in [0.15, 0.2) is 10.6 Å². The highest BCUT2D eigenvalue weighted by molar-refractivity contribution is 5.92. The Morgan fingerprint density at radius 2 is 1.92 bits per heavy atom. The minimum atomic E-state index is -0.134. The Labute approximate surface area is 154 Å². The van der Waals surface area contributed by atoms with Gasteiger partial charge in [0.2, 0.25) is 5.91 Å². The molecular formula is C19H28N4O3. The maximum Gasteiger partial charge on any atom is 0.273 e. The van der Waals surface area contributed by atoms with Crippen molar-refractivity contribution >= 4 is 11.8 Å². The van der Waals surface area contributed by atoms with Crippen LogP contribution in [0.2, 0.25) is 0 Å². The van der Waals surface area contributed by atoms with E-state index in [9.17, 15) is 9.59 Å². The third-order valence-corrected chi connectivity index (χ3v) is 6.12. The first-order chi connectivity index (χ1) is 12.5. The van der Waals surface area contributed by atoms with Crippen LogP contribution in [-0.4, -0.2) is 65.0 Å². The maximum atomic E-state index is 12.5. The van der Waals surface area contributed by atoms with Crippen molar-refractivity contribution in [3.05, 3.63) is 17.5 Å². The van der Waals surface area contributed by atoms with E-state index in [1.54, 1.807) is 13.0 Å². The first-order valence-corrected chi connectivity index (χ1v) is 9.78. The lowest BCUT2D eigenvalue weighted by molar-refractivity contribution is -0.130. The van der Waals surface area contributed by atoms with E-state index in [0.717, 1.165) is 57.6 Å². The largest absolute Gasteiger partial charge is 0.360 e. The molecule has 3 aliphatic rings. The lowest BCUT2D eigenvalue weighted by Gasteiger charge is -2.36. The van der Waals surface area contributed by atoms with Crippen molar-refractivity contribution < 1.29 is 14.1 Å². The van der Waals surface area contributed by atoms with Crippen molar-refractivity contribution in [2.75, 3.05) is 26.2 Å². The Bertz CT molecular complexity index is 676. The van der Waals surface area contributed by atoms with Crippen LogP contribution < -0.4 is 5.32 Å². The number of carbonyl (C=O) groups excluding carboxylic acids is 2. The van der Waals surface area contributed by atoms with Gasteiger partial charge in [-0.25, -0.2) is 0 Å². The molecule has 0 unspecified atom stereocenters. The number of hydrogen-bond acceptors (Lipinski definition) is 5. The van der Waals surface area contributed by atoms with Crippen molar-refractivity contribution in [1.29, 1.82) is 0 Å². The normalized spacial score (nSPS) is 27.7. The Balaban J connectivity index is 1.30.